The second-order valence-corrected chi connectivity index (χ2v) is 5.02. The molecule has 0 aliphatic heterocycles. The Morgan fingerprint density at radius 1 is 0.870 bits per heavy atom. The summed E-state index contributed by atoms with van der Waals surface area (Å²) in [6, 6.07) is 21.2. The van der Waals surface area contributed by atoms with Crippen LogP contribution in [0.1, 0.15) is 5.69 Å². The van der Waals surface area contributed by atoms with Gasteiger partial charge in [-0.15, -0.1) is 0 Å². The first-order valence-corrected chi connectivity index (χ1v) is 7.30. The van der Waals surface area contributed by atoms with E-state index >= 15 is 0 Å². The number of aromatic nitrogens is 2. The zero-order valence-electron chi connectivity index (χ0n) is 12.3. The van der Waals surface area contributed by atoms with Crippen LogP contribution in [0.15, 0.2) is 82.3 Å². The van der Waals surface area contributed by atoms with Crippen molar-refractivity contribution < 1.29 is 4.42 Å². The molecule has 0 aliphatic rings. The Kier molecular flexibility index (Phi) is 3.41. The molecule has 0 spiro atoms. The molecule has 23 heavy (non-hydrogen) atoms. The van der Waals surface area contributed by atoms with E-state index in [2.05, 4.69) is 15.0 Å². The van der Waals surface area contributed by atoms with E-state index in [4.69, 9.17) is 4.42 Å². The van der Waals surface area contributed by atoms with Crippen LogP contribution in [-0.2, 0) is 0 Å². The number of hydrogen-bond acceptors (Lipinski definition) is 4. The fraction of sp³-hybridized carbons (Fsp3) is 0. The molecule has 4 heteroatoms. The average molecular weight is 299 g/mol. The predicted octanol–water partition coefficient (Wildman–Crippen LogP) is 4.64. The Hall–Kier alpha value is -3.27. The van der Waals surface area contributed by atoms with E-state index in [1.165, 1.54) is 0 Å². The van der Waals surface area contributed by atoms with Crippen LogP contribution in [0, 0.1) is 0 Å². The van der Waals surface area contributed by atoms with Gasteiger partial charge in [-0.25, -0.2) is 4.98 Å². The maximum Gasteiger partial charge on any atom is 0.229 e. The number of aliphatic imine (C=N–C) groups is 1. The molecule has 0 fully saturated rings. The summed E-state index contributed by atoms with van der Waals surface area (Å²) in [6.45, 7) is 0. The third-order valence-corrected chi connectivity index (χ3v) is 3.45. The summed E-state index contributed by atoms with van der Waals surface area (Å²) in [7, 11) is 0. The van der Waals surface area contributed by atoms with Gasteiger partial charge < -0.3 is 4.42 Å². The van der Waals surface area contributed by atoms with Crippen molar-refractivity contribution in [1.82, 2.24) is 9.97 Å². The molecule has 0 bridgehead atoms. The van der Waals surface area contributed by atoms with Crippen molar-refractivity contribution in [3.05, 3.63) is 78.6 Å². The first-order chi connectivity index (χ1) is 11.4. The maximum atomic E-state index is 5.85. The van der Waals surface area contributed by atoms with Crippen LogP contribution in [0.5, 0.6) is 0 Å². The summed E-state index contributed by atoms with van der Waals surface area (Å²) >= 11 is 0. The van der Waals surface area contributed by atoms with E-state index in [1.807, 2.05) is 66.7 Å². The van der Waals surface area contributed by atoms with Gasteiger partial charge in [-0.2, -0.15) is 0 Å². The van der Waals surface area contributed by atoms with Gasteiger partial charge in [0.15, 0.2) is 5.58 Å². The van der Waals surface area contributed by atoms with E-state index in [0.29, 0.717) is 5.89 Å². The van der Waals surface area contributed by atoms with Gasteiger partial charge in [-0.05, 0) is 36.4 Å². The average Bonchev–Trinajstić information content (AvgIpc) is 3.05. The normalized spacial score (nSPS) is 11.3. The Morgan fingerprint density at radius 2 is 1.70 bits per heavy atom. The van der Waals surface area contributed by atoms with Crippen LogP contribution in [-0.4, -0.2) is 16.2 Å². The van der Waals surface area contributed by atoms with Crippen LogP contribution < -0.4 is 0 Å². The number of pyridine rings is 1. The van der Waals surface area contributed by atoms with E-state index in [-0.39, 0.29) is 0 Å². The summed E-state index contributed by atoms with van der Waals surface area (Å²) in [5.41, 5.74) is 4.07. The lowest BCUT2D eigenvalue weighted by Crippen LogP contribution is -1.85. The second-order valence-electron chi connectivity index (χ2n) is 5.02. The topological polar surface area (TPSA) is 51.3 Å². The largest absolute Gasteiger partial charge is 0.436 e. The van der Waals surface area contributed by atoms with Crippen molar-refractivity contribution in [3.63, 3.8) is 0 Å². The molecular weight excluding hydrogens is 286 g/mol. The van der Waals surface area contributed by atoms with E-state index in [9.17, 15) is 0 Å². The van der Waals surface area contributed by atoms with Crippen LogP contribution in [0.2, 0.25) is 0 Å². The fourth-order valence-corrected chi connectivity index (χ4v) is 2.34. The zero-order chi connectivity index (χ0) is 15.5. The van der Waals surface area contributed by atoms with Gasteiger partial charge in [0.1, 0.15) is 5.52 Å². The smallest absolute Gasteiger partial charge is 0.229 e. The molecular formula is C19H13N3O. The summed E-state index contributed by atoms with van der Waals surface area (Å²) in [5.74, 6) is 0.569. The molecule has 0 saturated heterocycles. The standard InChI is InChI=1S/C19H13N3O/c1-2-9-16(21-13-14-7-5-6-12-20-14)15(8-1)19-22-17-10-3-4-11-18(17)23-19/h1-13H. The van der Waals surface area contributed by atoms with Gasteiger partial charge in [-0.3, -0.25) is 9.98 Å². The zero-order valence-corrected chi connectivity index (χ0v) is 12.3. The lowest BCUT2D eigenvalue weighted by Gasteiger charge is -2.00. The third-order valence-electron chi connectivity index (χ3n) is 3.45. The molecule has 2 aromatic carbocycles. The van der Waals surface area contributed by atoms with Crippen LogP contribution in [0.3, 0.4) is 0 Å². The Morgan fingerprint density at radius 3 is 2.57 bits per heavy atom. The minimum absolute atomic E-state index is 0.569. The number of hydrogen-bond donors (Lipinski definition) is 0. The molecule has 2 aromatic heterocycles. The summed E-state index contributed by atoms with van der Waals surface area (Å²) < 4.78 is 5.85. The number of para-hydroxylation sites is 3. The Balaban J connectivity index is 1.76. The molecule has 110 valence electrons. The molecule has 0 N–H and O–H groups in total. The summed E-state index contributed by atoms with van der Waals surface area (Å²) in [4.78, 5) is 13.3. The first kappa shape index (κ1) is 13.4. The quantitative estimate of drug-likeness (QED) is 0.518. The third kappa shape index (κ3) is 2.74. The first-order valence-electron chi connectivity index (χ1n) is 7.30. The number of nitrogens with zero attached hydrogens (tertiary/aromatic N) is 3. The van der Waals surface area contributed by atoms with Crippen molar-refractivity contribution in [2.45, 2.75) is 0 Å². The van der Waals surface area contributed by atoms with Crippen molar-refractivity contribution in [3.8, 4) is 11.5 Å². The lowest BCUT2D eigenvalue weighted by molar-refractivity contribution is 0.620. The number of rotatable bonds is 3. The van der Waals surface area contributed by atoms with Crippen LogP contribution in [0.25, 0.3) is 22.6 Å². The predicted molar refractivity (Wildman–Crippen MR) is 90.9 cm³/mol. The number of fused-ring (bicyclic) bond motifs is 1. The molecule has 0 unspecified atom stereocenters. The Bertz CT molecular complexity index is 941. The highest BCUT2D eigenvalue weighted by Gasteiger charge is 2.11. The molecule has 0 radical (unpaired) electrons. The fourth-order valence-electron chi connectivity index (χ4n) is 2.34. The van der Waals surface area contributed by atoms with Crippen molar-refractivity contribution in [2.75, 3.05) is 0 Å². The highest BCUT2D eigenvalue weighted by atomic mass is 16.3. The minimum Gasteiger partial charge on any atom is -0.436 e. The lowest BCUT2D eigenvalue weighted by atomic mass is 10.2. The van der Waals surface area contributed by atoms with Crippen molar-refractivity contribution in [2.24, 2.45) is 4.99 Å². The minimum atomic E-state index is 0.569. The van der Waals surface area contributed by atoms with Crippen molar-refractivity contribution >= 4 is 23.0 Å². The van der Waals surface area contributed by atoms with Crippen molar-refractivity contribution in [1.29, 1.82) is 0 Å². The van der Waals surface area contributed by atoms with Gasteiger partial charge in [0.2, 0.25) is 5.89 Å². The number of benzene rings is 2. The molecule has 0 atom stereocenters. The highest BCUT2D eigenvalue weighted by molar-refractivity contribution is 5.84. The van der Waals surface area contributed by atoms with Gasteiger partial charge in [0.05, 0.1) is 23.2 Å². The molecule has 4 aromatic rings. The van der Waals surface area contributed by atoms with Gasteiger partial charge in [0.25, 0.3) is 0 Å². The summed E-state index contributed by atoms with van der Waals surface area (Å²) in [6.07, 6.45) is 3.48. The highest BCUT2D eigenvalue weighted by Crippen LogP contribution is 2.31. The summed E-state index contributed by atoms with van der Waals surface area (Å²) in [5, 5.41) is 0. The molecule has 2 heterocycles. The Labute approximate surface area is 133 Å². The molecule has 4 rings (SSSR count). The molecule has 0 amide bonds. The van der Waals surface area contributed by atoms with E-state index in [0.717, 1.165) is 28.0 Å². The van der Waals surface area contributed by atoms with Crippen LogP contribution >= 0.6 is 0 Å². The SMILES string of the molecule is C(=Nc1ccccc1-c1nc2ccccc2o1)c1ccccn1. The monoisotopic (exact) mass is 299 g/mol. The second kappa shape index (κ2) is 5.85. The van der Waals surface area contributed by atoms with Gasteiger partial charge in [-0.1, -0.05) is 30.3 Å². The van der Waals surface area contributed by atoms with Gasteiger partial charge >= 0.3 is 0 Å². The molecule has 0 saturated carbocycles. The molecule has 0 aliphatic carbocycles. The van der Waals surface area contributed by atoms with E-state index in [1.54, 1.807) is 12.4 Å². The van der Waals surface area contributed by atoms with Crippen LogP contribution in [0.4, 0.5) is 5.69 Å². The van der Waals surface area contributed by atoms with Gasteiger partial charge in [0, 0.05) is 6.20 Å². The van der Waals surface area contributed by atoms with E-state index < -0.39 is 0 Å². The maximum absolute atomic E-state index is 5.85. The molecule has 4 nitrogen and oxygen atoms in total. The number of oxazole rings is 1.